The largest absolute Gasteiger partial charge is 0.480 e. The van der Waals surface area contributed by atoms with E-state index in [1.165, 1.54) is 6.20 Å². The van der Waals surface area contributed by atoms with E-state index in [0.29, 0.717) is 23.7 Å². The molecule has 7 nitrogen and oxygen atoms in total. The molecular weight excluding hydrogens is 308 g/mol. The van der Waals surface area contributed by atoms with Gasteiger partial charge in [0.05, 0.1) is 11.3 Å². The monoisotopic (exact) mass is 328 g/mol. The molecule has 2 aromatic heterocycles. The summed E-state index contributed by atoms with van der Waals surface area (Å²) in [6, 6.07) is 4.42. The molecule has 1 unspecified atom stereocenters. The highest BCUT2D eigenvalue weighted by Crippen LogP contribution is 2.33. The van der Waals surface area contributed by atoms with Crippen molar-refractivity contribution in [3.63, 3.8) is 0 Å². The lowest BCUT2D eigenvalue weighted by Crippen LogP contribution is -2.41. The minimum Gasteiger partial charge on any atom is -0.480 e. The highest BCUT2D eigenvalue weighted by Gasteiger charge is 2.30. The van der Waals surface area contributed by atoms with Gasteiger partial charge >= 0.3 is 5.97 Å². The fourth-order valence-corrected chi connectivity index (χ4v) is 2.66. The quantitative estimate of drug-likeness (QED) is 0.843. The molecule has 24 heavy (non-hydrogen) atoms. The van der Waals surface area contributed by atoms with Crippen LogP contribution in [0.2, 0.25) is 0 Å². The molecule has 3 rings (SSSR count). The molecular formula is C17H20N4O3. The van der Waals surface area contributed by atoms with Crippen LogP contribution >= 0.6 is 0 Å². The van der Waals surface area contributed by atoms with Crippen LogP contribution in [-0.4, -0.2) is 37.8 Å². The number of carboxylic acid groups (broad SMARTS) is 1. The highest BCUT2D eigenvalue weighted by molar-refractivity contribution is 5.96. The molecule has 0 aliphatic heterocycles. The number of carbonyl (C=O) groups is 2. The topological polar surface area (TPSA) is 97.1 Å². The third kappa shape index (κ3) is 3.61. The Kier molecular flexibility index (Phi) is 4.33. The van der Waals surface area contributed by atoms with Crippen LogP contribution in [0.15, 0.2) is 24.4 Å². The van der Waals surface area contributed by atoms with Crippen LogP contribution < -0.4 is 5.32 Å². The summed E-state index contributed by atoms with van der Waals surface area (Å²) in [4.78, 5) is 27.8. The number of hydrogen-bond donors (Lipinski definition) is 2. The van der Waals surface area contributed by atoms with Gasteiger partial charge in [-0.3, -0.25) is 4.79 Å². The smallest absolute Gasteiger partial charge is 0.326 e. The Labute approximate surface area is 139 Å². The van der Waals surface area contributed by atoms with Crippen molar-refractivity contribution >= 4 is 11.9 Å². The van der Waals surface area contributed by atoms with E-state index in [-0.39, 0.29) is 0 Å². The summed E-state index contributed by atoms with van der Waals surface area (Å²) in [6.07, 6.45) is 4.01. The first-order valence-corrected chi connectivity index (χ1v) is 7.97. The average molecular weight is 328 g/mol. The van der Waals surface area contributed by atoms with Crippen molar-refractivity contribution in [2.45, 2.75) is 39.2 Å². The van der Waals surface area contributed by atoms with Gasteiger partial charge in [-0.25, -0.2) is 14.5 Å². The lowest BCUT2D eigenvalue weighted by molar-refractivity contribution is -0.139. The molecule has 0 radical (unpaired) electrons. The van der Waals surface area contributed by atoms with Crippen molar-refractivity contribution in [3.8, 4) is 5.82 Å². The van der Waals surface area contributed by atoms with Crippen LogP contribution in [0.1, 0.15) is 41.0 Å². The number of aliphatic carboxylic acids is 1. The first kappa shape index (κ1) is 16.2. The van der Waals surface area contributed by atoms with Crippen LogP contribution in [-0.2, 0) is 4.79 Å². The van der Waals surface area contributed by atoms with Crippen molar-refractivity contribution in [1.82, 2.24) is 20.1 Å². The number of pyridine rings is 1. The zero-order valence-corrected chi connectivity index (χ0v) is 13.7. The van der Waals surface area contributed by atoms with Gasteiger partial charge in [0.15, 0.2) is 5.82 Å². The Bertz CT molecular complexity index is 763. The Hall–Kier alpha value is -2.70. The summed E-state index contributed by atoms with van der Waals surface area (Å²) in [6.45, 7) is 3.83. The molecule has 1 aliphatic rings. The number of carboxylic acids is 1. The molecule has 1 aliphatic carbocycles. The first-order chi connectivity index (χ1) is 11.4. The first-order valence-electron chi connectivity index (χ1n) is 7.97. The van der Waals surface area contributed by atoms with Gasteiger partial charge in [-0.15, -0.1) is 0 Å². The van der Waals surface area contributed by atoms with E-state index in [2.05, 4.69) is 15.4 Å². The fraction of sp³-hybridized carbons (Fsp3) is 0.412. The van der Waals surface area contributed by atoms with Gasteiger partial charge in [0.1, 0.15) is 6.04 Å². The molecule has 2 heterocycles. The number of aromatic nitrogens is 3. The van der Waals surface area contributed by atoms with Gasteiger partial charge in [0.25, 0.3) is 5.91 Å². The van der Waals surface area contributed by atoms with Gasteiger partial charge in [0.2, 0.25) is 0 Å². The molecule has 1 atom stereocenters. The van der Waals surface area contributed by atoms with E-state index in [9.17, 15) is 14.7 Å². The predicted octanol–water partition coefficient (Wildman–Crippen LogP) is 1.87. The minimum absolute atomic E-state index is 0.335. The van der Waals surface area contributed by atoms with Crippen molar-refractivity contribution in [3.05, 3.63) is 41.3 Å². The molecule has 0 saturated heterocycles. The van der Waals surface area contributed by atoms with Gasteiger partial charge in [-0.05, 0) is 44.4 Å². The van der Waals surface area contributed by atoms with Crippen LogP contribution in [0.3, 0.4) is 0 Å². The summed E-state index contributed by atoms with van der Waals surface area (Å²) >= 11 is 0. The molecule has 1 saturated carbocycles. The standard InChI is InChI=1S/C17H20N4O3/c1-10-7-11(2)21(20-10)15-6-5-13(9-18-15)16(22)19-14(17(23)24)8-12-3-4-12/h5-7,9,12,14H,3-4,8H2,1-2H3,(H,19,22)(H,23,24). The van der Waals surface area contributed by atoms with Gasteiger partial charge in [-0.2, -0.15) is 5.10 Å². The van der Waals surface area contributed by atoms with Crippen molar-refractivity contribution in [2.75, 3.05) is 0 Å². The van der Waals surface area contributed by atoms with Crippen molar-refractivity contribution < 1.29 is 14.7 Å². The van der Waals surface area contributed by atoms with Gasteiger partial charge < -0.3 is 10.4 Å². The number of aryl methyl sites for hydroxylation is 2. The summed E-state index contributed by atoms with van der Waals surface area (Å²) in [7, 11) is 0. The van der Waals surface area contributed by atoms with Crippen LogP contribution in [0.5, 0.6) is 0 Å². The Morgan fingerprint density at radius 3 is 2.62 bits per heavy atom. The predicted molar refractivity (Wildman–Crippen MR) is 87.1 cm³/mol. The molecule has 0 spiro atoms. The molecule has 7 heteroatoms. The molecule has 126 valence electrons. The number of hydrogen-bond acceptors (Lipinski definition) is 4. The third-order valence-corrected chi connectivity index (χ3v) is 4.11. The number of amides is 1. The second kappa shape index (κ2) is 6.43. The van der Waals surface area contributed by atoms with E-state index < -0.39 is 17.9 Å². The lowest BCUT2D eigenvalue weighted by Gasteiger charge is -2.14. The second-order valence-electron chi connectivity index (χ2n) is 6.29. The van der Waals surface area contributed by atoms with E-state index in [0.717, 1.165) is 24.2 Å². The Morgan fingerprint density at radius 2 is 2.12 bits per heavy atom. The molecule has 0 aromatic carbocycles. The maximum Gasteiger partial charge on any atom is 0.326 e. The van der Waals surface area contributed by atoms with Gasteiger partial charge in [-0.1, -0.05) is 12.8 Å². The van der Waals surface area contributed by atoms with E-state index >= 15 is 0 Å². The fourth-order valence-electron chi connectivity index (χ4n) is 2.66. The summed E-state index contributed by atoms with van der Waals surface area (Å²) < 4.78 is 1.70. The van der Waals surface area contributed by atoms with Crippen LogP contribution in [0.4, 0.5) is 0 Å². The zero-order valence-electron chi connectivity index (χ0n) is 13.7. The number of rotatable bonds is 6. The number of nitrogens with one attached hydrogen (secondary N) is 1. The van der Waals surface area contributed by atoms with Crippen molar-refractivity contribution in [2.24, 2.45) is 5.92 Å². The minimum atomic E-state index is -0.998. The Balaban J connectivity index is 1.71. The highest BCUT2D eigenvalue weighted by atomic mass is 16.4. The summed E-state index contributed by atoms with van der Waals surface area (Å²) in [5, 5.41) is 16.1. The molecule has 1 amide bonds. The maximum atomic E-state index is 12.2. The van der Waals surface area contributed by atoms with E-state index in [4.69, 9.17) is 0 Å². The van der Waals surface area contributed by atoms with Crippen LogP contribution in [0, 0.1) is 19.8 Å². The maximum absolute atomic E-state index is 12.2. The van der Waals surface area contributed by atoms with E-state index in [1.807, 2.05) is 19.9 Å². The Morgan fingerprint density at radius 1 is 1.38 bits per heavy atom. The zero-order chi connectivity index (χ0) is 17.3. The summed E-state index contributed by atoms with van der Waals surface area (Å²) in [5.41, 5.74) is 2.18. The molecule has 2 N–H and O–H groups in total. The SMILES string of the molecule is Cc1cc(C)n(-c2ccc(C(=O)NC(CC3CC3)C(=O)O)cn2)n1. The molecule has 1 fully saturated rings. The van der Waals surface area contributed by atoms with Crippen LogP contribution in [0.25, 0.3) is 5.82 Å². The summed E-state index contributed by atoms with van der Waals surface area (Å²) in [5.74, 6) is -0.388. The number of carbonyl (C=O) groups excluding carboxylic acids is 1. The average Bonchev–Trinajstić information content (AvgIpc) is 3.29. The van der Waals surface area contributed by atoms with E-state index in [1.54, 1.807) is 16.8 Å². The molecule has 0 bridgehead atoms. The second-order valence-corrected chi connectivity index (χ2v) is 6.29. The molecule has 2 aromatic rings. The lowest BCUT2D eigenvalue weighted by atomic mass is 10.1. The number of nitrogens with zero attached hydrogens (tertiary/aromatic N) is 3. The normalized spacial score (nSPS) is 15.1. The van der Waals surface area contributed by atoms with Crippen molar-refractivity contribution in [1.29, 1.82) is 0 Å². The third-order valence-electron chi connectivity index (χ3n) is 4.11. The van der Waals surface area contributed by atoms with Gasteiger partial charge in [0, 0.05) is 11.9 Å².